The first-order valence-corrected chi connectivity index (χ1v) is 7.28. The van der Waals surface area contributed by atoms with Gasteiger partial charge in [-0.15, -0.1) is 0 Å². The molecule has 1 aromatic carbocycles. The molecule has 114 valence electrons. The van der Waals surface area contributed by atoms with Crippen LogP contribution in [0.2, 0.25) is 0 Å². The predicted octanol–water partition coefficient (Wildman–Crippen LogP) is 2.85. The number of nitrogens with one attached hydrogen (secondary N) is 1. The van der Waals surface area contributed by atoms with Crippen LogP contribution in [0.1, 0.15) is 17.7 Å². The lowest BCUT2D eigenvalue weighted by Gasteiger charge is -2.04. The number of pyridine rings is 1. The number of aryl methyl sites for hydroxylation is 1. The van der Waals surface area contributed by atoms with Gasteiger partial charge in [-0.25, -0.2) is 0 Å². The summed E-state index contributed by atoms with van der Waals surface area (Å²) in [5.41, 5.74) is 2.01. The molecule has 0 unspecified atom stereocenters. The van der Waals surface area contributed by atoms with Gasteiger partial charge in [-0.3, -0.25) is 9.78 Å². The number of carbonyl (C=O) groups excluding carboxylic acids is 1. The summed E-state index contributed by atoms with van der Waals surface area (Å²) in [6.45, 7) is 0.650. The summed E-state index contributed by atoms with van der Waals surface area (Å²) in [6, 6.07) is 13.6. The third kappa shape index (κ3) is 5.40. The van der Waals surface area contributed by atoms with Crippen LogP contribution >= 0.6 is 0 Å². The molecule has 0 bridgehead atoms. The van der Waals surface area contributed by atoms with Crippen molar-refractivity contribution in [1.29, 1.82) is 0 Å². The van der Waals surface area contributed by atoms with E-state index in [1.807, 2.05) is 42.5 Å². The number of rotatable bonds is 7. The maximum absolute atomic E-state index is 11.7. The number of carbonyl (C=O) groups is 1. The van der Waals surface area contributed by atoms with Gasteiger partial charge >= 0.3 is 0 Å². The first-order chi connectivity index (χ1) is 10.8. The lowest BCUT2D eigenvalue weighted by atomic mass is 10.1. The van der Waals surface area contributed by atoms with E-state index in [2.05, 4.69) is 10.3 Å². The van der Waals surface area contributed by atoms with Crippen molar-refractivity contribution < 1.29 is 9.53 Å². The number of methoxy groups -OCH3 is 1. The summed E-state index contributed by atoms with van der Waals surface area (Å²) < 4.78 is 5.12. The zero-order valence-corrected chi connectivity index (χ0v) is 12.7. The third-order valence-corrected chi connectivity index (χ3v) is 3.19. The molecule has 1 N–H and O–H groups in total. The molecular formula is C18H20N2O2. The molecule has 0 spiro atoms. The van der Waals surface area contributed by atoms with Gasteiger partial charge in [-0.05, 0) is 48.7 Å². The molecule has 22 heavy (non-hydrogen) atoms. The number of benzene rings is 1. The van der Waals surface area contributed by atoms with Crippen LogP contribution in [0, 0.1) is 0 Å². The van der Waals surface area contributed by atoms with E-state index in [9.17, 15) is 4.79 Å². The number of ether oxygens (including phenoxy) is 1. The lowest BCUT2D eigenvalue weighted by Crippen LogP contribution is -2.22. The van der Waals surface area contributed by atoms with E-state index in [0.717, 1.165) is 24.3 Å². The molecule has 4 nitrogen and oxygen atoms in total. The number of amides is 1. The van der Waals surface area contributed by atoms with Gasteiger partial charge in [0.1, 0.15) is 5.75 Å². The number of aromatic nitrogens is 1. The lowest BCUT2D eigenvalue weighted by molar-refractivity contribution is -0.116. The predicted molar refractivity (Wildman–Crippen MR) is 87.6 cm³/mol. The second-order valence-corrected chi connectivity index (χ2v) is 4.83. The van der Waals surface area contributed by atoms with Gasteiger partial charge in [0.15, 0.2) is 0 Å². The van der Waals surface area contributed by atoms with E-state index in [4.69, 9.17) is 4.74 Å². The van der Waals surface area contributed by atoms with Crippen molar-refractivity contribution in [3.8, 4) is 5.75 Å². The Morgan fingerprint density at radius 2 is 2.05 bits per heavy atom. The van der Waals surface area contributed by atoms with Gasteiger partial charge in [-0.1, -0.05) is 18.2 Å². The molecule has 0 fully saturated rings. The standard InChI is InChI=1S/C18H20N2O2/c1-22-17-10-7-15(8-11-17)5-4-14-20-18(21)12-9-16-6-2-3-13-19-16/h2-3,6-13H,4-5,14H2,1H3,(H,20,21)/b12-9+. The molecule has 0 aliphatic carbocycles. The normalized spacial score (nSPS) is 10.6. The van der Waals surface area contributed by atoms with E-state index in [1.54, 1.807) is 19.4 Å². The van der Waals surface area contributed by atoms with Crippen molar-refractivity contribution in [2.75, 3.05) is 13.7 Å². The van der Waals surface area contributed by atoms with Crippen LogP contribution in [0.5, 0.6) is 5.75 Å². The maximum atomic E-state index is 11.7. The first-order valence-electron chi connectivity index (χ1n) is 7.28. The van der Waals surface area contributed by atoms with Gasteiger partial charge in [0, 0.05) is 18.8 Å². The zero-order chi connectivity index (χ0) is 15.6. The van der Waals surface area contributed by atoms with Gasteiger partial charge < -0.3 is 10.1 Å². The van der Waals surface area contributed by atoms with Crippen LogP contribution in [0.3, 0.4) is 0 Å². The van der Waals surface area contributed by atoms with Crippen LogP contribution in [-0.2, 0) is 11.2 Å². The highest BCUT2D eigenvalue weighted by Gasteiger charge is 1.97. The fraction of sp³-hybridized carbons (Fsp3) is 0.222. The Morgan fingerprint density at radius 3 is 2.73 bits per heavy atom. The second kappa shape index (κ2) is 8.62. The number of nitrogens with zero attached hydrogens (tertiary/aromatic N) is 1. The molecule has 0 atom stereocenters. The maximum Gasteiger partial charge on any atom is 0.244 e. The Balaban J connectivity index is 1.67. The fourth-order valence-corrected chi connectivity index (χ4v) is 1.99. The molecule has 2 aromatic rings. The fourth-order valence-electron chi connectivity index (χ4n) is 1.99. The van der Waals surface area contributed by atoms with Crippen molar-refractivity contribution >= 4 is 12.0 Å². The van der Waals surface area contributed by atoms with E-state index in [1.165, 1.54) is 11.6 Å². The highest BCUT2D eigenvalue weighted by molar-refractivity contribution is 5.91. The Morgan fingerprint density at radius 1 is 1.23 bits per heavy atom. The summed E-state index contributed by atoms with van der Waals surface area (Å²) in [5.74, 6) is 0.761. The quantitative estimate of drug-likeness (QED) is 0.631. The van der Waals surface area contributed by atoms with E-state index in [-0.39, 0.29) is 5.91 Å². The summed E-state index contributed by atoms with van der Waals surface area (Å²) >= 11 is 0. The Labute approximate surface area is 130 Å². The second-order valence-electron chi connectivity index (χ2n) is 4.83. The Bertz CT molecular complexity index is 607. The molecule has 1 aromatic heterocycles. The van der Waals surface area contributed by atoms with Crippen molar-refractivity contribution in [3.05, 3.63) is 66.0 Å². The molecule has 1 heterocycles. The highest BCUT2D eigenvalue weighted by atomic mass is 16.5. The van der Waals surface area contributed by atoms with E-state index in [0.29, 0.717) is 6.54 Å². The van der Waals surface area contributed by atoms with Crippen LogP contribution in [-0.4, -0.2) is 24.5 Å². The minimum atomic E-state index is -0.0969. The molecule has 0 radical (unpaired) electrons. The third-order valence-electron chi connectivity index (χ3n) is 3.19. The zero-order valence-electron chi connectivity index (χ0n) is 12.7. The van der Waals surface area contributed by atoms with Crippen molar-refractivity contribution in [1.82, 2.24) is 10.3 Å². The van der Waals surface area contributed by atoms with Gasteiger partial charge in [-0.2, -0.15) is 0 Å². The average molecular weight is 296 g/mol. The summed E-state index contributed by atoms with van der Waals surface area (Å²) in [4.78, 5) is 15.8. The summed E-state index contributed by atoms with van der Waals surface area (Å²) in [5, 5.41) is 2.87. The molecule has 2 rings (SSSR count). The molecule has 1 amide bonds. The number of hydrogen-bond donors (Lipinski definition) is 1. The number of hydrogen-bond acceptors (Lipinski definition) is 3. The van der Waals surface area contributed by atoms with Gasteiger partial charge in [0.2, 0.25) is 5.91 Å². The summed E-state index contributed by atoms with van der Waals surface area (Å²) in [6.07, 6.45) is 6.74. The highest BCUT2D eigenvalue weighted by Crippen LogP contribution is 2.12. The van der Waals surface area contributed by atoms with Crippen molar-refractivity contribution in [2.24, 2.45) is 0 Å². The molecule has 0 aliphatic rings. The van der Waals surface area contributed by atoms with Crippen molar-refractivity contribution in [2.45, 2.75) is 12.8 Å². The molecule has 4 heteroatoms. The Hall–Kier alpha value is -2.62. The minimum Gasteiger partial charge on any atom is -0.497 e. The van der Waals surface area contributed by atoms with Crippen LogP contribution in [0.15, 0.2) is 54.7 Å². The average Bonchev–Trinajstić information content (AvgIpc) is 2.58. The Kier molecular flexibility index (Phi) is 6.18. The molecule has 0 saturated heterocycles. The molecule has 0 saturated carbocycles. The largest absolute Gasteiger partial charge is 0.497 e. The van der Waals surface area contributed by atoms with Crippen LogP contribution < -0.4 is 10.1 Å². The first kappa shape index (κ1) is 15.8. The van der Waals surface area contributed by atoms with Gasteiger partial charge in [0.05, 0.1) is 12.8 Å². The minimum absolute atomic E-state index is 0.0969. The molecule has 0 aliphatic heterocycles. The van der Waals surface area contributed by atoms with E-state index >= 15 is 0 Å². The molecular weight excluding hydrogens is 276 g/mol. The summed E-state index contributed by atoms with van der Waals surface area (Å²) in [7, 11) is 1.66. The van der Waals surface area contributed by atoms with E-state index < -0.39 is 0 Å². The van der Waals surface area contributed by atoms with Crippen LogP contribution in [0.4, 0.5) is 0 Å². The smallest absolute Gasteiger partial charge is 0.244 e. The SMILES string of the molecule is COc1ccc(CCCNC(=O)/C=C/c2ccccn2)cc1. The van der Waals surface area contributed by atoms with Gasteiger partial charge in [0.25, 0.3) is 0 Å². The monoisotopic (exact) mass is 296 g/mol. The van der Waals surface area contributed by atoms with Crippen molar-refractivity contribution in [3.63, 3.8) is 0 Å². The van der Waals surface area contributed by atoms with Crippen LogP contribution in [0.25, 0.3) is 6.08 Å². The topological polar surface area (TPSA) is 51.2 Å².